The Morgan fingerprint density at radius 2 is 1.86 bits per heavy atom. The van der Waals surface area contributed by atoms with Crippen molar-refractivity contribution < 1.29 is 15.2 Å². The van der Waals surface area contributed by atoms with Crippen molar-refractivity contribution in [3.8, 4) is 0 Å². The Kier molecular flexibility index (Phi) is 2.48. The predicted molar refractivity (Wildman–Crippen MR) is 55.2 cm³/mol. The summed E-state index contributed by atoms with van der Waals surface area (Å²) < 4.78 is 11.7. The van der Waals surface area contributed by atoms with E-state index in [1.54, 1.807) is 0 Å². The van der Waals surface area contributed by atoms with Gasteiger partial charge in [0.15, 0.2) is 6.29 Å². The van der Waals surface area contributed by atoms with Crippen molar-refractivity contribution in [2.75, 3.05) is 6.29 Å². The lowest BCUT2D eigenvalue weighted by atomic mass is 10.1. The molecule has 1 aliphatic rings. The zero-order valence-corrected chi connectivity index (χ0v) is 8.91. The van der Waals surface area contributed by atoms with Gasteiger partial charge in [-0.2, -0.15) is 0 Å². The molecule has 0 amide bonds. The van der Waals surface area contributed by atoms with Crippen LogP contribution < -0.4 is 5.73 Å². The summed E-state index contributed by atoms with van der Waals surface area (Å²) in [5.41, 5.74) is 5.90. The Bertz CT molecular complexity index is 366. The first-order valence-corrected chi connectivity index (χ1v) is 6.72. The van der Waals surface area contributed by atoms with Gasteiger partial charge in [-0.3, -0.25) is 4.57 Å². The second-order valence-electron chi connectivity index (χ2n) is 3.81. The third kappa shape index (κ3) is 1.63. The lowest BCUT2D eigenvalue weighted by Crippen LogP contribution is -2.51. The lowest BCUT2D eigenvalue weighted by Gasteiger charge is -2.13. The molecule has 1 aliphatic carbocycles. The van der Waals surface area contributed by atoms with E-state index in [4.69, 9.17) is 0 Å². The van der Waals surface area contributed by atoms with E-state index in [1.807, 2.05) is 24.3 Å². The predicted octanol–water partition coefficient (Wildman–Crippen LogP) is 0.624. The fraction of sp³-hybridized carbons (Fsp3) is 0.400. The average molecular weight is 212 g/mol. The molecule has 0 spiro atoms. The van der Waals surface area contributed by atoms with Crippen molar-refractivity contribution >= 4 is 7.37 Å². The molecular formula is C10H15NO2P+. The summed E-state index contributed by atoms with van der Waals surface area (Å²) in [6, 6.07) is 8.04. The van der Waals surface area contributed by atoms with E-state index in [1.165, 1.54) is 11.1 Å². The molecule has 3 nitrogen and oxygen atoms in total. The summed E-state index contributed by atoms with van der Waals surface area (Å²) in [4.78, 5) is 9.69. The molecule has 1 aromatic carbocycles. The molecule has 14 heavy (non-hydrogen) atoms. The Morgan fingerprint density at radius 1 is 1.36 bits per heavy atom. The first-order valence-electron chi connectivity index (χ1n) is 4.81. The minimum atomic E-state index is -3.01. The second-order valence-corrected chi connectivity index (χ2v) is 6.50. The number of hydrogen-bond donors (Lipinski definition) is 2. The molecule has 2 rings (SSSR count). The zero-order chi connectivity index (χ0) is 10.2. The largest absolute Gasteiger partial charge is 0.350 e. The molecule has 76 valence electrons. The molecular weight excluding hydrogens is 197 g/mol. The van der Waals surface area contributed by atoms with Gasteiger partial charge in [0.25, 0.3) is 7.37 Å². The summed E-state index contributed by atoms with van der Waals surface area (Å²) in [5.74, 6) is 0. The minimum absolute atomic E-state index is 0.0996. The van der Waals surface area contributed by atoms with Gasteiger partial charge in [-0.05, 0) is 24.0 Å². The smallest absolute Gasteiger partial charge is 0.256 e. The maximum Gasteiger partial charge on any atom is 0.256 e. The third-order valence-corrected chi connectivity index (χ3v) is 5.07. The fourth-order valence-electron chi connectivity index (χ4n) is 2.00. The Hall–Kier alpha value is -0.630. The fourth-order valence-corrected chi connectivity index (χ4v) is 3.33. The van der Waals surface area contributed by atoms with Gasteiger partial charge in [-0.1, -0.05) is 24.3 Å². The van der Waals surface area contributed by atoms with Gasteiger partial charge < -0.3 is 10.6 Å². The van der Waals surface area contributed by atoms with Crippen LogP contribution in [0.4, 0.5) is 0 Å². The first kappa shape index (κ1) is 9.91. The highest BCUT2D eigenvalue weighted by Crippen LogP contribution is 2.49. The van der Waals surface area contributed by atoms with Crippen LogP contribution in [-0.4, -0.2) is 16.8 Å². The maximum atomic E-state index is 11.7. The molecule has 0 heterocycles. The SMILES string of the molecule is [NH3+]CP(=O)(O)C1Cc2ccccc2C1. The highest BCUT2D eigenvalue weighted by molar-refractivity contribution is 7.58. The molecule has 0 bridgehead atoms. The second kappa shape index (κ2) is 3.50. The molecule has 4 N–H and O–H groups in total. The summed E-state index contributed by atoms with van der Waals surface area (Å²) in [6.07, 6.45) is 1.62. The van der Waals surface area contributed by atoms with Crippen LogP contribution in [-0.2, 0) is 17.4 Å². The monoisotopic (exact) mass is 212 g/mol. The maximum absolute atomic E-state index is 11.7. The van der Waals surface area contributed by atoms with Crippen molar-refractivity contribution in [2.24, 2.45) is 0 Å². The van der Waals surface area contributed by atoms with E-state index in [-0.39, 0.29) is 11.9 Å². The normalized spacial score (nSPS) is 20.4. The molecule has 1 unspecified atom stereocenters. The molecule has 1 aromatic rings. The standard InChI is InChI=1S/C10H14NO2P/c11-7-14(12,13)10-5-8-3-1-2-4-9(8)6-10/h1-4,10H,5-7,11H2,(H,12,13)/p+1. The van der Waals surface area contributed by atoms with Crippen LogP contribution in [0, 0.1) is 0 Å². The van der Waals surface area contributed by atoms with Crippen LogP contribution in [0.15, 0.2) is 24.3 Å². The molecule has 4 heteroatoms. The summed E-state index contributed by atoms with van der Waals surface area (Å²) in [7, 11) is -3.01. The van der Waals surface area contributed by atoms with Crippen LogP contribution in [0.1, 0.15) is 11.1 Å². The van der Waals surface area contributed by atoms with E-state index in [9.17, 15) is 9.46 Å². The number of rotatable bonds is 2. The van der Waals surface area contributed by atoms with Gasteiger partial charge in [0.1, 0.15) is 0 Å². The van der Waals surface area contributed by atoms with Crippen LogP contribution in [0.2, 0.25) is 0 Å². The summed E-state index contributed by atoms with van der Waals surface area (Å²) in [5, 5.41) is 0. The van der Waals surface area contributed by atoms with E-state index in [2.05, 4.69) is 5.73 Å². The highest BCUT2D eigenvalue weighted by Gasteiger charge is 2.36. The molecule has 0 saturated heterocycles. The van der Waals surface area contributed by atoms with Crippen molar-refractivity contribution in [1.29, 1.82) is 0 Å². The topological polar surface area (TPSA) is 64.9 Å². The summed E-state index contributed by atoms with van der Waals surface area (Å²) in [6.45, 7) is 0. The van der Waals surface area contributed by atoms with Crippen LogP contribution in [0.5, 0.6) is 0 Å². The third-order valence-electron chi connectivity index (χ3n) is 2.92. The van der Waals surface area contributed by atoms with Crippen molar-refractivity contribution in [3.05, 3.63) is 35.4 Å². The Balaban J connectivity index is 2.24. The van der Waals surface area contributed by atoms with Crippen molar-refractivity contribution in [3.63, 3.8) is 0 Å². The van der Waals surface area contributed by atoms with Gasteiger partial charge in [-0.25, -0.2) is 0 Å². The van der Waals surface area contributed by atoms with Gasteiger partial charge in [-0.15, -0.1) is 0 Å². The lowest BCUT2D eigenvalue weighted by molar-refractivity contribution is -0.343. The van der Waals surface area contributed by atoms with Crippen molar-refractivity contribution in [1.82, 2.24) is 0 Å². The zero-order valence-electron chi connectivity index (χ0n) is 8.02. The van der Waals surface area contributed by atoms with Gasteiger partial charge in [0, 0.05) is 5.66 Å². The van der Waals surface area contributed by atoms with Crippen LogP contribution in [0.25, 0.3) is 0 Å². The van der Waals surface area contributed by atoms with Gasteiger partial charge in [0.05, 0.1) is 0 Å². The number of hydrogen-bond acceptors (Lipinski definition) is 1. The van der Waals surface area contributed by atoms with E-state index < -0.39 is 7.37 Å². The van der Waals surface area contributed by atoms with E-state index >= 15 is 0 Å². The van der Waals surface area contributed by atoms with E-state index in [0.29, 0.717) is 0 Å². The van der Waals surface area contributed by atoms with Crippen LogP contribution >= 0.6 is 7.37 Å². The quantitative estimate of drug-likeness (QED) is 0.706. The Labute approximate surface area is 83.4 Å². The number of quaternary nitrogens is 1. The highest BCUT2D eigenvalue weighted by atomic mass is 31.2. The van der Waals surface area contributed by atoms with E-state index in [0.717, 1.165) is 12.8 Å². The molecule has 0 fully saturated rings. The summed E-state index contributed by atoms with van der Waals surface area (Å²) >= 11 is 0. The number of benzene rings is 1. The molecule has 0 radical (unpaired) electrons. The molecule has 1 atom stereocenters. The molecule has 0 aliphatic heterocycles. The number of fused-ring (bicyclic) bond motifs is 1. The first-order chi connectivity index (χ1) is 6.63. The minimum Gasteiger partial charge on any atom is -0.350 e. The Morgan fingerprint density at radius 3 is 2.29 bits per heavy atom. The van der Waals surface area contributed by atoms with Gasteiger partial charge in [0.2, 0.25) is 0 Å². The van der Waals surface area contributed by atoms with Gasteiger partial charge >= 0.3 is 0 Å². The van der Waals surface area contributed by atoms with Crippen molar-refractivity contribution in [2.45, 2.75) is 18.5 Å². The average Bonchev–Trinajstić information content (AvgIpc) is 2.61. The molecule has 0 saturated carbocycles. The van der Waals surface area contributed by atoms with Crippen LogP contribution in [0.3, 0.4) is 0 Å². The molecule has 0 aromatic heterocycles.